The smallest absolute Gasteiger partial charge is 0.361 e. The Kier molecular flexibility index (Phi) is 4.77. The molecule has 30 heavy (non-hydrogen) atoms. The monoisotopic (exact) mass is 403 g/mol. The molecule has 0 saturated heterocycles. The van der Waals surface area contributed by atoms with E-state index in [0.29, 0.717) is 5.56 Å². The summed E-state index contributed by atoms with van der Waals surface area (Å²) >= 11 is 0. The van der Waals surface area contributed by atoms with Gasteiger partial charge in [0.15, 0.2) is 5.69 Å². The number of hydrogen-bond acceptors (Lipinski definition) is 9. The maximum atomic E-state index is 13.6. The molecule has 146 valence electrons. The summed E-state index contributed by atoms with van der Waals surface area (Å²) < 4.78 is 24.2. The van der Waals surface area contributed by atoms with Crippen LogP contribution in [-0.2, 0) is 6.54 Å². The normalized spacial score (nSPS) is 10.4. The number of benzene rings is 2. The van der Waals surface area contributed by atoms with Crippen molar-refractivity contribution in [3.8, 4) is 29.3 Å². The van der Waals surface area contributed by atoms with E-state index in [2.05, 4.69) is 26.9 Å². The van der Waals surface area contributed by atoms with Crippen LogP contribution < -0.4 is 11.1 Å². The van der Waals surface area contributed by atoms with Gasteiger partial charge < -0.3 is 5.32 Å². The van der Waals surface area contributed by atoms with Crippen LogP contribution in [0.1, 0.15) is 16.7 Å². The molecule has 0 aliphatic heterocycles. The Morgan fingerprint density at radius 3 is 2.77 bits per heavy atom. The van der Waals surface area contributed by atoms with Crippen molar-refractivity contribution in [2.75, 3.05) is 5.32 Å². The van der Waals surface area contributed by atoms with Gasteiger partial charge in [0.2, 0.25) is 11.6 Å². The van der Waals surface area contributed by atoms with Crippen LogP contribution >= 0.6 is 0 Å². The Bertz CT molecular complexity index is 1370. The molecular formula is C19H10FN7O3. The summed E-state index contributed by atoms with van der Waals surface area (Å²) in [6.45, 7) is 0.286. The van der Waals surface area contributed by atoms with Crippen molar-refractivity contribution in [3.63, 3.8) is 0 Å². The van der Waals surface area contributed by atoms with Gasteiger partial charge in [0.05, 0.1) is 22.9 Å². The van der Waals surface area contributed by atoms with Gasteiger partial charge in [-0.15, -0.1) is 0 Å². The minimum Gasteiger partial charge on any atom is -0.361 e. The molecule has 0 spiro atoms. The van der Waals surface area contributed by atoms with Crippen molar-refractivity contribution in [2.24, 2.45) is 0 Å². The van der Waals surface area contributed by atoms with Gasteiger partial charge in [0.1, 0.15) is 11.9 Å². The van der Waals surface area contributed by atoms with Crippen LogP contribution in [0.15, 0.2) is 56.4 Å². The third-order valence-electron chi connectivity index (χ3n) is 4.15. The van der Waals surface area contributed by atoms with E-state index >= 15 is 0 Å². The molecule has 1 N–H and O–H groups in total. The molecule has 0 bridgehead atoms. The molecule has 4 aromatic rings. The van der Waals surface area contributed by atoms with Crippen molar-refractivity contribution >= 4 is 5.82 Å². The number of aromatic nitrogens is 4. The van der Waals surface area contributed by atoms with Crippen LogP contribution in [0.4, 0.5) is 10.2 Å². The standard InChI is InChI=1S/C19H10FN7O3/c20-15-5-4-14(7-13(15)9-22)27-18(26-29-19(27)28)16-17(25-30-24-16)23-10-12-3-1-2-11(6-12)8-21/h1-7H,10H2,(H,23,25). The lowest BCUT2D eigenvalue weighted by molar-refractivity contribution is 0.309. The fourth-order valence-electron chi connectivity index (χ4n) is 2.75. The quantitative estimate of drug-likeness (QED) is 0.530. The fourth-order valence-corrected chi connectivity index (χ4v) is 2.75. The summed E-state index contributed by atoms with van der Waals surface area (Å²) in [6.07, 6.45) is 0. The maximum Gasteiger partial charge on any atom is 0.446 e. The Balaban J connectivity index is 1.69. The third kappa shape index (κ3) is 3.39. The molecule has 4 rings (SSSR count). The molecule has 2 heterocycles. The first-order valence-corrected chi connectivity index (χ1v) is 8.45. The SMILES string of the molecule is N#Cc1cccc(CNc2nonc2-c2noc(=O)n2-c2ccc(F)c(C#N)c2)c1. The van der Waals surface area contributed by atoms with E-state index in [1.165, 1.54) is 12.1 Å². The predicted octanol–water partition coefficient (Wildman–Crippen LogP) is 2.37. The van der Waals surface area contributed by atoms with E-state index in [9.17, 15) is 9.18 Å². The molecule has 11 heteroatoms. The summed E-state index contributed by atoms with van der Waals surface area (Å²) in [7, 11) is 0. The molecule has 2 aromatic carbocycles. The minimum atomic E-state index is -0.865. The highest BCUT2D eigenvalue weighted by Crippen LogP contribution is 2.25. The van der Waals surface area contributed by atoms with E-state index in [0.717, 1.165) is 16.2 Å². The predicted molar refractivity (Wildman–Crippen MR) is 98.5 cm³/mol. The molecule has 0 aliphatic carbocycles. The number of hydrogen-bond donors (Lipinski definition) is 1. The zero-order valence-corrected chi connectivity index (χ0v) is 15.0. The van der Waals surface area contributed by atoms with Crippen LogP contribution in [0.25, 0.3) is 17.2 Å². The Labute approximate surface area is 167 Å². The Hall–Kier alpha value is -4.77. The number of anilines is 1. The molecule has 2 aromatic heterocycles. The summed E-state index contributed by atoms with van der Waals surface area (Å²) in [6, 6.07) is 14.2. The second-order valence-electron chi connectivity index (χ2n) is 6.01. The average Bonchev–Trinajstić information content (AvgIpc) is 3.39. The fraction of sp³-hybridized carbons (Fsp3) is 0.0526. The van der Waals surface area contributed by atoms with Gasteiger partial charge in [-0.1, -0.05) is 17.3 Å². The second kappa shape index (κ2) is 7.69. The van der Waals surface area contributed by atoms with E-state index in [-0.39, 0.29) is 35.1 Å². The highest BCUT2D eigenvalue weighted by molar-refractivity contribution is 5.66. The lowest BCUT2D eigenvalue weighted by Crippen LogP contribution is -2.14. The van der Waals surface area contributed by atoms with Gasteiger partial charge >= 0.3 is 5.76 Å². The van der Waals surface area contributed by atoms with Crippen LogP contribution in [0.5, 0.6) is 0 Å². The first-order chi connectivity index (χ1) is 14.6. The summed E-state index contributed by atoms with van der Waals surface area (Å²) in [5.41, 5.74) is 1.28. The number of nitriles is 2. The van der Waals surface area contributed by atoms with E-state index < -0.39 is 11.6 Å². The lowest BCUT2D eigenvalue weighted by Gasteiger charge is -2.06. The van der Waals surface area contributed by atoms with Crippen LogP contribution in [-0.4, -0.2) is 20.0 Å². The van der Waals surface area contributed by atoms with Crippen LogP contribution in [0.3, 0.4) is 0 Å². The zero-order valence-electron chi connectivity index (χ0n) is 15.0. The van der Waals surface area contributed by atoms with Crippen molar-refractivity contribution in [3.05, 3.63) is 75.5 Å². The van der Waals surface area contributed by atoms with Crippen molar-refractivity contribution in [1.82, 2.24) is 20.0 Å². The summed E-state index contributed by atoms with van der Waals surface area (Å²) in [4.78, 5) is 12.2. The van der Waals surface area contributed by atoms with E-state index in [1.807, 2.05) is 6.07 Å². The van der Waals surface area contributed by atoms with Crippen molar-refractivity contribution < 1.29 is 13.5 Å². The average molecular weight is 403 g/mol. The lowest BCUT2D eigenvalue weighted by atomic mass is 10.1. The minimum absolute atomic E-state index is 0.0509. The number of nitrogens with zero attached hydrogens (tertiary/aromatic N) is 6. The van der Waals surface area contributed by atoms with Crippen molar-refractivity contribution in [1.29, 1.82) is 10.5 Å². The van der Waals surface area contributed by atoms with Crippen molar-refractivity contribution in [2.45, 2.75) is 6.54 Å². The number of halogens is 1. The summed E-state index contributed by atoms with van der Waals surface area (Å²) in [5, 5.41) is 32.3. The third-order valence-corrected chi connectivity index (χ3v) is 4.15. The molecule has 0 saturated carbocycles. The van der Waals surface area contributed by atoms with Gasteiger partial charge in [-0.2, -0.15) is 10.5 Å². The molecule has 0 fully saturated rings. The zero-order chi connectivity index (χ0) is 21.1. The molecule has 0 unspecified atom stereocenters. The molecular weight excluding hydrogens is 393 g/mol. The molecule has 0 atom stereocenters. The Morgan fingerprint density at radius 2 is 1.97 bits per heavy atom. The van der Waals surface area contributed by atoms with Gasteiger partial charge in [-0.25, -0.2) is 18.4 Å². The first-order valence-electron chi connectivity index (χ1n) is 8.45. The van der Waals surface area contributed by atoms with Crippen LogP contribution in [0, 0.1) is 28.5 Å². The van der Waals surface area contributed by atoms with Gasteiger partial charge in [-0.05, 0) is 46.2 Å². The molecule has 0 radical (unpaired) electrons. The van der Waals surface area contributed by atoms with Gasteiger partial charge in [-0.3, -0.25) is 4.52 Å². The molecule has 0 aliphatic rings. The Morgan fingerprint density at radius 1 is 1.10 bits per heavy atom. The first kappa shape index (κ1) is 18.6. The molecule has 10 nitrogen and oxygen atoms in total. The van der Waals surface area contributed by atoms with Gasteiger partial charge in [0, 0.05) is 6.54 Å². The topological polar surface area (TPSA) is 147 Å². The number of nitrogens with one attached hydrogen (secondary N) is 1. The number of rotatable bonds is 5. The largest absolute Gasteiger partial charge is 0.446 e. The molecule has 0 amide bonds. The highest BCUT2D eigenvalue weighted by atomic mass is 19.1. The van der Waals surface area contributed by atoms with Gasteiger partial charge in [0.25, 0.3) is 0 Å². The second-order valence-corrected chi connectivity index (χ2v) is 6.01. The van der Waals surface area contributed by atoms with Crippen LogP contribution in [0.2, 0.25) is 0 Å². The van der Waals surface area contributed by atoms with E-state index in [4.69, 9.17) is 19.7 Å². The highest BCUT2D eigenvalue weighted by Gasteiger charge is 2.23. The summed E-state index contributed by atoms with van der Waals surface area (Å²) in [5.74, 6) is -1.47. The van der Waals surface area contributed by atoms with E-state index in [1.54, 1.807) is 24.3 Å². The maximum absolute atomic E-state index is 13.6.